The number of hydrogen-bond acceptors (Lipinski definition) is 6. The number of sulfonamides is 1. The second-order valence-corrected chi connectivity index (χ2v) is 9.35. The molecule has 0 bridgehead atoms. The highest BCUT2D eigenvalue weighted by molar-refractivity contribution is 7.89. The van der Waals surface area contributed by atoms with E-state index in [1.54, 1.807) is 61.9 Å². The summed E-state index contributed by atoms with van der Waals surface area (Å²) in [5.41, 5.74) is 2.20. The standard InChI is InChI=1S/C23H25N3O5S/c1-17(2)22(23(27)25-28)26(16-18-7-6-14-24-15-18)32(29,30)21-12-10-20(11-13-21)31-19-8-4-3-5-9-19/h3-15,17,22,28H,16H2,1-2H3,(H,25,27). The van der Waals surface area contributed by atoms with Gasteiger partial charge < -0.3 is 4.74 Å². The first-order valence-electron chi connectivity index (χ1n) is 10.0. The molecule has 0 aliphatic carbocycles. The van der Waals surface area contributed by atoms with Crippen LogP contribution in [0.15, 0.2) is 84.0 Å². The summed E-state index contributed by atoms with van der Waals surface area (Å²) in [7, 11) is -4.11. The first-order chi connectivity index (χ1) is 15.3. The predicted octanol–water partition coefficient (Wildman–Crippen LogP) is 3.59. The van der Waals surface area contributed by atoms with Crippen molar-refractivity contribution in [3.63, 3.8) is 0 Å². The van der Waals surface area contributed by atoms with Crippen LogP contribution in [0.25, 0.3) is 0 Å². The van der Waals surface area contributed by atoms with Crippen LogP contribution in [0, 0.1) is 5.92 Å². The number of hydrogen-bond donors (Lipinski definition) is 2. The Morgan fingerprint density at radius 3 is 2.25 bits per heavy atom. The maximum atomic E-state index is 13.6. The van der Waals surface area contributed by atoms with Crippen LogP contribution in [0.2, 0.25) is 0 Å². The van der Waals surface area contributed by atoms with Gasteiger partial charge in [0.2, 0.25) is 10.0 Å². The molecule has 9 heteroatoms. The molecule has 0 radical (unpaired) electrons. The molecule has 2 N–H and O–H groups in total. The van der Waals surface area contributed by atoms with Crippen molar-refractivity contribution < 1.29 is 23.2 Å². The van der Waals surface area contributed by atoms with Gasteiger partial charge in [0.25, 0.3) is 5.91 Å². The Labute approximate surface area is 187 Å². The predicted molar refractivity (Wildman–Crippen MR) is 118 cm³/mol. The number of pyridine rings is 1. The number of rotatable bonds is 9. The van der Waals surface area contributed by atoms with E-state index in [0.29, 0.717) is 17.1 Å². The number of nitrogens with zero attached hydrogens (tertiary/aromatic N) is 2. The number of carbonyl (C=O) groups is 1. The minimum absolute atomic E-state index is 0.00167. The Kier molecular flexibility index (Phi) is 7.57. The Hall–Kier alpha value is -3.27. The van der Waals surface area contributed by atoms with Crippen LogP contribution < -0.4 is 10.2 Å². The van der Waals surface area contributed by atoms with Crippen molar-refractivity contribution in [2.24, 2.45) is 5.92 Å². The molecule has 3 rings (SSSR count). The highest BCUT2D eigenvalue weighted by Crippen LogP contribution is 2.27. The molecule has 0 saturated heterocycles. The van der Waals surface area contributed by atoms with Crippen LogP contribution in [0.3, 0.4) is 0 Å². The molecule has 1 aromatic heterocycles. The molecule has 0 aliphatic heterocycles. The fraction of sp³-hybridized carbons (Fsp3) is 0.217. The molecular weight excluding hydrogens is 430 g/mol. The number of ether oxygens (including phenoxy) is 1. The van der Waals surface area contributed by atoms with E-state index >= 15 is 0 Å². The van der Waals surface area contributed by atoms with E-state index < -0.39 is 27.9 Å². The lowest BCUT2D eigenvalue weighted by atomic mass is 10.0. The van der Waals surface area contributed by atoms with Gasteiger partial charge in [-0.1, -0.05) is 38.1 Å². The molecule has 0 saturated carbocycles. The van der Waals surface area contributed by atoms with Crippen LogP contribution in [-0.4, -0.2) is 34.9 Å². The number of hydroxylamine groups is 1. The average Bonchev–Trinajstić information content (AvgIpc) is 2.80. The summed E-state index contributed by atoms with van der Waals surface area (Å²) < 4.78 is 34.0. The van der Waals surface area contributed by atoms with Gasteiger partial charge in [-0.05, 0) is 53.9 Å². The smallest absolute Gasteiger partial charge is 0.262 e. The van der Waals surface area contributed by atoms with E-state index in [0.717, 1.165) is 4.31 Å². The summed E-state index contributed by atoms with van der Waals surface area (Å²) in [4.78, 5) is 16.4. The van der Waals surface area contributed by atoms with E-state index in [1.807, 2.05) is 18.2 Å². The van der Waals surface area contributed by atoms with Crippen molar-refractivity contribution in [3.05, 3.63) is 84.7 Å². The third-order valence-corrected chi connectivity index (χ3v) is 6.63. The lowest BCUT2D eigenvalue weighted by Gasteiger charge is -2.32. The minimum atomic E-state index is -4.11. The summed E-state index contributed by atoms with van der Waals surface area (Å²) in [6, 6.07) is 17.4. The first kappa shape index (κ1) is 23.4. The zero-order valence-electron chi connectivity index (χ0n) is 17.8. The maximum absolute atomic E-state index is 13.6. The molecule has 1 heterocycles. The van der Waals surface area contributed by atoms with Crippen molar-refractivity contribution in [1.82, 2.24) is 14.8 Å². The molecule has 2 aromatic carbocycles. The van der Waals surface area contributed by atoms with E-state index in [-0.39, 0.29) is 11.4 Å². The molecular formula is C23H25N3O5S. The van der Waals surface area contributed by atoms with Gasteiger partial charge in [-0.3, -0.25) is 15.0 Å². The Balaban J connectivity index is 1.95. The number of nitrogens with one attached hydrogen (secondary N) is 1. The molecule has 1 amide bonds. The number of para-hydroxylation sites is 1. The van der Waals surface area contributed by atoms with Gasteiger partial charge in [0, 0.05) is 18.9 Å². The van der Waals surface area contributed by atoms with Gasteiger partial charge in [-0.2, -0.15) is 4.31 Å². The summed E-state index contributed by atoms with van der Waals surface area (Å²) in [5.74, 6) is -0.117. The van der Waals surface area contributed by atoms with Crippen molar-refractivity contribution in [3.8, 4) is 11.5 Å². The van der Waals surface area contributed by atoms with Crippen LogP contribution >= 0.6 is 0 Å². The fourth-order valence-electron chi connectivity index (χ4n) is 3.28. The van der Waals surface area contributed by atoms with Crippen molar-refractivity contribution in [1.29, 1.82) is 0 Å². The number of aromatic nitrogens is 1. The molecule has 0 aliphatic rings. The second-order valence-electron chi connectivity index (χ2n) is 7.46. The third kappa shape index (κ3) is 5.50. The van der Waals surface area contributed by atoms with Crippen LogP contribution in [-0.2, 0) is 21.4 Å². The van der Waals surface area contributed by atoms with Crippen LogP contribution in [0.4, 0.5) is 0 Å². The summed E-state index contributed by atoms with van der Waals surface area (Å²) >= 11 is 0. The second kappa shape index (κ2) is 10.4. The Morgan fingerprint density at radius 1 is 1.03 bits per heavy atom. The van der Waals surface area contributed by atoms with Crippen molar-refractivity contribution >= 4 is 15.9 Å². The van der Waals surface area contributed by atoms with Gasteiger partial charge in [0.15, 0.2) is 0 Å². The number of benzene rings is 2. The maximum Gasteiger partial charge on any atom is 0.262 e. The van der Waals surface area contributed by atoms with E-state index in [2.05, 4.69) is 4.98 Å². The quantitative estimate of drug-likeness (QED) is 0.377. The average molecular weight is 456 g/mol. The van der Waals surface area contributed by atoms with Gasteiger partial charge in [0.05, 0.1) is 4.90 Å². The summed E-state index contributed by atoms with van der Waals surface area (Å²) in [6.45, 7) is 3.33. The number of carbonyl (C=O) groups excluding carboxylic acids is 1. The number of amides is 1. The zero-order valence-corrected chi connectivity index (χ0v) is 18.6. The molecule has 1 unspecified atom stereocenters. The highest BCUT2D eigenvalue weighted by atomic mass is 32.2. The normalized spacial score (nSPS) is 12.5. The largest absolute Gasteiger partial charge is 0.457 e. The van der Waals surface area contributed by atoms with Gasteiger partial charge in [-0.15, -0.1) is 0 Å². The monoisotopic (exact) mass is 455 g/mol. The SMILES string of the molecule is CC(C)C(C(=O)NO)N(Cc1cccnc1)S(=O)(=O)c1ccc(Oc2ccccc2)cc1. The van der Waals surface area contributed by atoms with E-state index in [9.17, 15) is 18.4 Å². The van der Waals surface area contributed by atoms with E-state index in [4.69, 9.17) is 4.74 Å². The molecule has 168 valence electrons. The molecule has 3 aromatic rings. The van der Waals surface area contributed by atoms with Crippen LogP contribution in [0.1, 0.15) is 19.4 Å². The molecule has 8 nitrogen and oxygen atoms in total. The molecule has 1 atom stereocenters. The first-order valence-corrected chi connectivity index (χ1v) is 11.4. The lowest BCUT2D eigenvalue weighted by Crippen LogP contribution is -2.51. The highest BCUT2D eigenvalue weighted by Gasteiger charge is 2.38. The molecule has 0 fully saturated rings. The van der Waals surface area contributed by atoms with Crippen molar-refractivity contribution in [2.45, 2.75) is 31.3 Å². The van der Waals surface area contributed by atoms with Gasteiger partial charge in [0.1, 0.15) is 17.5 Å². The summed E-state index contributed by atoms with van der Waals surface area (Å²) in [5, 5.41) is 9.23. The van der Waals surface area contributed by atoms with Gasteiger partial charge in [-0.25, -0.2) is 13.9 Å². The van der Waals surface area contributed by atoms with Gasteiger partial charge >= 0.3 is 0 Å². The third-order valence-electron chi connectivity index (χ3n) is 4.79. The topological polar surface area (TPSA) is 109 Å². The Bertz CT molecular complexity index is 1120. The van der Waals surface area contributed by atoms with Crippen LogP contribution in [0.5, 0.6) is 11.5 Å². The van der Waals surface area contributed by atoms with E-state index in [1.165, 1.54) is 18.3 Å². The fourth-order valence-corrected chi connectivity index (χ4v) is 4.98. The molecule has 32 heavy (non-hydrogen) atoms. The van der Waals surface area contributed by atoms with Crippen molar-refractivity contribution in [2.75, 3.05) is 0 Å². The Morgan fingerprint density at radius 2 is 1.69 bits per heavy atom. The summed E-state index contributed by atoms with van der Waals surface area (Å²) in [6.07, 6.45) is 3.11. The lowest BCUT2D eigenvalue weighted by molar-refractivity contribution is -0.134. The zero-order chi connectivity index (χ0) is 23.1. The minimum Gasteiger partial charge on any atom is -0.457 e. The molecule has 0 spiro atoms.